The highest BCUT2D eigenvalue weighted by molar-refractivity contribution is 5.60. The second-order valence-corrected chi connectivity index (χ2v) is 13.3. The van der Waals surface area contributed by atoms with E-state index in [1.54, 1.807) is 12.4 Å². The second-order valence-electron chi connectivity index (χ2n) is 13.3. The van der Waals surface area contributed by atoms with Crippen LogP contribution in [0.2, 0.25) is 0 Å². The summed E-state index contributed by atoms with van der Waals surface area (Å²) in [6.45, 7) is 36.7. The van der Waals surface area contributed by atoms with Gasteiger partial charge in [0.2, 0.25) is 0 Å². The summed E-state index contributed by atoms with van der Waals surface area (Å²) in [7, 11) is 1.90. The molecular weight excluding hydrogens is 462 g/mol. The summed E-state index contributed by atoms with van der Waals surface area (Å²) in [5.74, 6) is 0. The molecule has 2 aromatic rings. The smallest absolute Gasteiger partial charge is 0.0372 e. The number of nitrogens with zero attached hydrogens (tertiary/aromatic N) is 2. The zero-order valence-electron chi connectivity index (χ0n) is 27.2. The van der Waals surface area contributed by atoms with Gasteiger partial charge in [-0.3, -0.25) is 4.98 Å². The Hall–Kier alpha value is -2.55. The Kier molecular flexibility index (Phi) is 14.7. The van der Waals surface area contributed by atoms with Crippen LogP contribution in [0.15, 0.2) is 61.6 Å². The maximum atomic E-state index is 3.89. The van der Waals surface area contributed by atoms with E-state index in [-0.39, 0.29) is 16.2 Å². The zero-order valence-corrected chi connectivity index (χ0v) is 27.2. The third kappa shape index (κ3) is 13.3. The van der Waals surface area contributed by atoms with Crippen molar-refractivity contribution in [2.24, 2.45) is 5.41 Å². The van der Waals surface area contributed by atoms with E-state index in [4.69, 9.17) is 0 Å². The Morgan fingerprint density at radius 1 is 0.789 bits per heavy atom. The number of hydrogen-bond donors (Lipinski definition) is 1. The standard InChI is InChI=1S/C20H35N.C8H9N.C7H15N/c1-9-11-21(12-10-2)18-14-16(19(3,4)5)13-17(15-18)20(6,7)8;1-7(2)8-3-5-9-6-4-8;1-6(8-5)7(2,3)4/h13-15H,9-12H2,1-8H3;3-6H,1H2,2H3;8H,1H2,2-5H3. The zero-order chi connectivity index (χ0) is 29.7. The van der Waals surface area contributed by atoms with Gasteiger partial charge < -0.3 is 10.2 Å². The van der Waals surface area contributed by atoms with Gasteiger partial charge in [-0.2, -0.15) is 0 Å². The van der Waals surface area contributed by atoms with Crippen LogP contribution in [0.1, 0.15) is 113 Å². The first-order valence-electron chi connectivity index (χ1n) is 14.2. The number of allylic oxidation sites excluding steroid dienone is 2. The van der Waals surface area contributed by atoms with Crippen molar-refractivity contribution < 1.29 is 0 Å². The van der Waals surface area contributed by atoms with Gasteiger partial charge in [-0.05, 0) is 71.6 Å². The van der Waals surface area contributed by atoms with E-state index in [1.165, 1.54) is 29.7 Å². The first-order chi connectivity index (χ1) is 17.4. The van der Waals surface area contributed by atoms with Crippen LogP contribution >= 0.6 is 0 Å². The molecule has 38 heavy (non-hydrogen) atoms. The summed E-state index contributed by atoms with van der Waals surface area (Å²) >= 11 is 0. The first-order valence-corrected chi connectivity index (χ1v) is 14.2. The molecule has 214 valence electrons. The molecule has 0 fully saturated rings. The second kappa shape index (κ2) is 15.8. The van der Waals surface area contributed by atoms with E-state index in [1.807, 2.05) is 26.1 Å². The van der Waals surface area contributed by atoms with Crippen LogP contribution in [0.4, 0.5) is 5.69 Å². The fourth-order valence-corrected chi connectivity index (χ4v) is 3.58. The number of pyridine rings is 1. The van der Waals surface area contributed by atoms with Crippen molar-refractivity contribution in [2.75, 3.05) is 25.0 Å². The highest BCUT2D eigenvalue weighted by atomic mass is 15.1. The van der Waals surface area contributed by atoms with Crippen LogP contribution in [0, 0.1) is 5.41 Å². The molecule has 0 aliphatic carbocycles. The maximum absolute atomic E-state index is 3.89. The maximum Gasteiger partial charge on any atom is 0.0372 e. The summed E-state index contributed by atoms with van der Waals surface area (Å²) in [6.07, 6.45) is 5.93. The number of rotatable bonds is 7. The summed E-state index contributed by atoms with van der Waals surface area (Å²) in [5.41, 5.74) is 8.20. The largest absolute Gasteiger partial charge is 0.391 e. The molecular formula is C35H59N3. The van der Waals surface area contributed by atoms with Crippen molar-refractivity contribution in [2.45, 2.75) is 107 Å². The molecule has 0 aliphatic rings. The lowest BCUT2D eigenvalue weighted by molar-refractivity contribution is 0.475. The van der Waals surface area contributed by atoms with Gasteiger partial charge in [-0.25, -0.2) is 0 Å². The van der Waals surface area contributed by atoms with Crippen molar-refractivity contribution in [1.82, 2.24) is 10.3 Å². The van der Waals surface area contributed by atoms with Crippen LogP contribution < -0.4 is 10.2 Å². The predicted octanol–water partition coefficient (Wildman–Crippen LogP) is 9.79. The minimum atomic E-state index is 0.195. The molecule has 0 saturated heterocycles. The summed E-state index contributed by atoms with van der Waals surface area (Å²) in [5, 5.41) is 3.01. The van der Waals surface area contributed by atoms with Gasteiger partial charge >= 0.3 is 0 Å². The minimum Gasteiger partial charge on any atom is -0.391 e. The van der Waals surface area contributed by atoms with Crippen LogP contribution in [-0.2, 0) is 10.8 Å². The lowest BCUT2D eigenvalue weighted by Gasteiger charge is -2.30. The van der Waals surface area contributed by atoms with Crippen LogP contribution in [0.3, 0.4) is 0 Å². The quantitative estimate of drug-likeness (QED) is 0.393. The number of anilines is 1. The average Bonchev–Trinajstić information content (AvgIpc) is 2.82. The molecule has 1 N–H and O–H groups in total. The molecule has 0 radical (unpaired) electrons. The van der Waals surface area contributed by atoms with Gasteiger partial charge in [0.1, 0.15) is 0 Å². The highest BCUT2D eigenvalue weighted by Crippen LogP contribution is 2.33. The molecule has 1 heterocycles. The number of hydrogen-bond acceptors (Lipinski definition) is 3. The molecule has 0 atom stereocenters. The number of aromatic nitrogens is 1. The molecule has 1 aromatic carbocycles. The molecule has 2 rings (SSSR count). The van der Waals surface area contributed by atoms with E-state index in [0.29, 0.717) is 0 Å². The van der Waals surface area contributed by atoms with Crippen molar-refractivity contribution in [1.29, 1.82) is 0 Å². The van der Waals surface area contributed by atoms with Gasteiger partial charge in [0.15, 0.2) is 0 Å². The Morgan fingerprint density at radius 2 is 1.21 bits per heavy atom. The molecule has 0 amide bonds. The van der Waals surface area contributed by atoms with Crippen LogP contribution in [-0.4, -0.2) is 25.1 Å². The third-order valence-electron chi connectivity index (χ3n) is 6.38. The van der Waals surface area contributed by atoms with E-state index >= 15 is 0 Å². The summed E-state index contributed by atoms with van der Waals surface area (Å²) in [6, 6.07) is 11.1. The lowest BCUT2D eigenvalue weighted by Crippen LogP contribution is -2.26. The topological polar surface area (TPSA) is 28.2 Å². The molecule has 0 unspecified atom stereocenters. The molecule has 3 heteroatoms. The minimum absolute atomic E-state index is 0.195. The van der Waals surface area contributed by atoms with Crippen molar-refractivity contribution in [3.05, 3.63) is 78.3 Å². The molecule has 0 bridgehead atoms. The first kappa shape index (κ1) is 35.5. The molecule has 0 aliphatic heterocycles. The third-order valence-corrected chi connectivity index (χ3v) is 6.38. The average molecular weight is 522 g/mol. The fraction of sp³-hybridized carbons (Fsp3) is 0.571. The Bertz CT molecular complexity index is 929. The van der Waals surface area contributed by atoms with Gasteiger partial charge in [0, 0.05) is 49.3 Å². The van der Waals surface area contributed by atoms with E-state index < -0.39 is 0 Å². The Labute approximate surface area is 236 Å². The number of benzene rings is 1. The van der Waals surface area contributed by atoms with Gasteiger partial charge in [0.05, 0.1) is 0 Å². The Balaban J connectivity index is 0.000000658. The molecule has 0 saturated carbocycles. The molecule has 0 spiro atoms. The SMILES string of the molecule is C=C(C)c1ccncc1.C=C(NC)C(C)(C)C.CCCN(CCC)c1cc(C(C)(C)C)cc(C(C)(C)C)c1. The monoisotopic (exact) mass is 521 g/mol. The predicted molar refractivity (Wildman–Crippen MR) is 173 cm³/mol. The highest BCUT2D eigenvalue weighted by Gasteiger charge is 2.21. The summed E-state index contributed by atoms with van der Waals surface area (Å²) in [4.78, 5) is 6.43. The van der Waals surface area contributed by atoms with Gasteiger partial charge in [-0.15, -0.1) is 0 Å². The van der Waals surface area contributed by atoms with E-state index in [0.717, 1.165) is 29.9 Å². The van der Waals surface area contributed by atoms with E-state index in [2.05, 4.69) is 123 Å². The van der Waals surface area contributed by atoms with E-state index in [9.17, 15) is 0 Å². The Morgan fingerprint density at radius 3 is 1.45 bits per heavy atom. The summed E-state index contributed by atoms with van der Waals surface area (Å²) < 4.78 is 0. The molecule has 1 aromatic heterocycles. The normalized spacial score (nSPS) is 11.4. The van der Waals surface area contributed by atoms with Crippen LogP contribution in [0.5, 0.6) is 0 Å². The number of nitrogens with one attached hydrogen (secondary N) is 1. The van der Waals surface area contributed by atoms with Crippen molar-refractivity contribution >= 4 is 11.3 Å². The van der Waals surface area contributed by atoms with Crippen molar-refractivity contribution in [3.8, 4) is 0 Å². The van der Waals surface area contributed by atoms with Crippen LogP contribution in [0.25, 0.3) is 5.57 Å². The van der Waals surface area contributed by atoms with Gasteiger partial charge in [0.25, 0.3) is 0 Å². The van der Waals surface area contributed by atoms with Crippen molar-refractivity contribution in [3.63, 3.8) is 0 Å². The molecule has 3 nitrogen and oxygen atoms in total. The van der Waals surface area contributed by atoms with Gasteiger partial charge in [-0.1, -0.05) is 101 Å². The fourth-order valence-electron chi connectivity index (χ4n) is 3.58. The lowest BCUT2D eigenvalue weighted by atomic mass is 9.80.